The van der Waals surface area contributed by atoms with E-state index in [2.05, 4.69) is 30.6 Å². The molecule has 2 aromatic heterocycles. The monoisotopic (exact) mass is 461 g/mol. The topological polar surface area (TPSA) is 105 Å². The lowest BCUT2D eigenvalue weighted by atomic mass is 10.0. The molecule has 2 aliphatic rings. The summed E-state index contributed by atoms with van der Waals surface area (Å²) in [4.78, 5) is 36.2. The molecule has 3 aromatic rings. The Balaban J connectivity index is 1.24. The molecule has 0 saturated carbocycles. The summed E-state index contributed by atoms with van der Waals surface area (Å²) in [7, 11) is 0. The highest BCUT2D eigenvalue weighted by molar-refractivity contribution is 5.87. The van der Waals surface area contributed by atoms with E-state index in [9.17, 15) is 9.59 Å². The van der Waals surface area contributed by atoms with Crippen molar-refractivity contribution in [1.29, 1.82) is 0 Å². The molecule has 0 unspecified atom stereocenters. The third-order valence-electron chi connectivity index (χ3n) is 6.82. The van der Waals surface area contributed by atoms with Gasteiger partial charge in [0.1, 0.15) is 18.2 Å². The van der Waals surface area contributed by atoms with Crippen molar-refractivity contribution >= 4 is 23.4 Å². The van der Waals surface area contributed by atoms with Crippen molar-refractivity contribution in [3.05, 3.63) is 53.0 Å². The van der Waals surface area contributed by atoms with Gasteiger partial charge >= 0.3 is 0 Å². The zero-order chi connectivity index (χ0) is 23.7. The van der Waals surface area contributed by atoms with Crippen LogP contribution in [0.1, 0.15) is 48.6 Å². The van der Waals surface area contributed by atoms with Gasteiger partial charge in [0.15, 0.2) is 0 Å². The maximum atomic E-state index is 13.1. The number of hydrogen-bond acceptors (Lipinski definition) is 6. The first kappa shape index (κ1) is 22.3. The summed E-state index contributed by atoms with van der Waals surface area (Å²) in [5.74, 6) is 1.43. The molecule has 1 fully saturated rings. The lowest BCUT2D eigenvalue weighted by Crippen LogP contribution is -2.52. The standard InChI is InChI=1S/C25H31N7O2/c1-16-6-8-18(9-7-16)14-22(28-17(2)33)23(34)29-19-10-12-31(13-11-19)24-20-4-3-5-21(20)30-25-26-15-27-32(24)25/h6-9,15,19,22H,3-5,10-14H2,1-2H3,(H,28,33)(H,29,34)/t22-/m0/s1. The van der Waals surface area contributed by atoms with Crippen LogP contribution in [0, 0.1) is 6.92 Å². The van der Waals surface area contributed by atoms with Crippen LogP contribution in [0.25, 0.3) is 5.78 Å². The molecule has 178 valence electrons. The van der Waals surface area contributed by atoms with Crippen LogP contribution in [-0.4, -0.2) is 56.6 Å². The van der Waals surface area contributed by atoms with Crippen molar-refractivity contribution in [2.24, 2.45) is 0 Å². The van der Waals surface area contributed by atoms with Gasteiger partial charge in [0.2, 0.25) is 11.8 Å². The smallest absolute Gasteiger partial charge is 0.254 e. The number of aromatic nitrogens is 4. The van der Waals surface area contributed by atoms with E-state index >= 15 is 0 Å². The van der Waals surface area contributed by atoms with Crippen molar-refractivity contribution in [2.75, 3.05) is 18.0 Å². The second-order valence-corrected chi connectivity index (χ2v) is 9.40. The Hall–Kier alpha value is -3.49. The van der Waals surface area contributed by atoms with E-state index in [1.54, 1.807) is 6.33 Å². The number of benzene rings is 1. The minimum Gasteiger partial charge on any atom is -0.356 e. The maximum Gasteiger partial charge on any atom is 0.254 e. The number of rotatable bonds is 6. The van der Waals surface area contributed by atoms with Crippen molar-refractivity contribution in [3.63, 3.8) is 0 Å². The lowest BCUT2D eigenvalue weighted by molar-refractivity contribution is -0.128. The Morgan fingerprint density at radius 1 is 1.15 bits per heavy atom. The van der Waals surface area contributed by atoms with Crippen molar-refractivity contribution < 1.29 is 9.59 Å². The van der Waals surface area contributed by atoms with Gasteiger partial charge in [0.05, 0.1) is 5.69 Å². The summed E-state index contributed by atoms with van der Waals surface area (Å²) in [6.45, 7) is 5.12. The van der Waals surface area contributed by atoms with Crippen LogP contribution in [0.5, 0.6) is 0 Å². The zero-order valence-corrected chi connectivity index (χ0v) is 19.8. The molecule has 1 aliphatic heterocycles. The molecule has 0 spiro atoms. The van der Waals surface area contributed by atoms with Gasteiger partial charge in [-0.1, -0.05) is 29.8 Å². The lowest BCUT2D eigenvalue weighted by Gasteiger charge is -2.35. The molecule has 9 nitrogen and oxygen atoms in total. The molecular formula is C25H31N7O2. The summed E-state index contributed by atoms with van der Waals surface area (Å²) >= 11 is 0. The predicted molar refractivity (Wildman–Crippen MR) is 129 cm³/mol. The van der Waals surface area contributed by atoms with Crippen LogP contribution in [0.4, 0.5) is 5.82 Å². The Labute approximate surface area is 199 Å². The Morgan fingerprint density at radius 2 is 1.91 bits per heavy atom. The van der Waals surface area contributed by atoms with E-state index < -0.39 is 6.04 Å². The predicted octanol–water partition coefficient (Wildman–Crippen LogP) is 1.75. The molecule has 2 amide bonds. The van der Waals surface area contributed by atoms with Gasteiger partial charge in [-0.25, -0.2) is 4.98 Å². The van der Waals surface area contributed by atoms with Crippen LogP contribution in [0.2, 0.25) is 0 Å². The van der Waals surface area contributed by atoms with Gasteiger partial charge in [0, 0.05) is 38.0 Å². The SMILES string of the molecule is CC(=O)N[C@@H](Cc1ccc(C)cc1)C(=O)NC1CCN(c2c3c(nc4ncnn24)CCC3)CC1. The number of carbonyl (C=O) groups excluding carboxylic acids is 2. The highest BCUT2D eigenvalue weighted by Crippen LogP contribution is 2.32. The third-order valence-corrected chi connectivity index (χ3v) is 6.82. The van der Waals surface area contributed by atoms with E-state index in [1.165, 1.54) is 18.1 Å². The Morgan fingerprint density at radius 3 is 2.65 bits per heavy atom. The average molecular weight is 462 g/mol. The zero-order valence-electron chi connectivity index (χ0n) is 19.8. The first-order chi connectivity index (χ1) is 16.5. The number of fused-ring (bicyclic) bond motifs is 2. The minimum atomic E-state index is -0.587. The first-order valence-electron chi connectivity index (χ1n) is 12.1. The molecule has 9 heteroatoms. The molecule has 0 radical (unpaired) electrons. The summed E-state index contributed by atoms with van der Waals surface area (Å²) < 4.78 is 1.86. The van der Waals surface area contributed by atoms with Crippen LogP contribution in [0.3, 0.4) is 0 Å². The van der Waals surface area contributed by atoms with Gasteiger partial charge in [-0.05, 0) is 44.6 Å². The summed E-state index contributed by atoms with van der Waals surface area (Å²) in [5.41, 5.74) is 4.61. The normalized spacial score (nSPS) is 16.9. The molecular weight excluding hydrogens is 430 g/mol. The fourth-order valence-electron chi connectivity index (χ4n) is 5.08. The fraction of sp³-hybridized carbons (Fsp3) is 0.480. The number of amides is 2. The quantitative estimate of drug-likeness (QED) is 0.580. The van der Waals surface area contributed by atoms with Gasteiger partial charge < -0.3 is 15.5 Å². The van der Waals surface area contributed by atoms with E-state index in [4.69, 9.17) is 0 Å². The number of piperidine rings is 1. The summed E-state index contributed by atoms with van der Waals surface area (Å²) in [6, 6.07) is 7.54. The van der Waals surface area contributed by atoms with Crippen LogP contribution in [-0.2, 0) is 28.9 Å². The van der Waals surface area contributed by atoms with Crippen molar-refractivity contribution in [3.8, 4) is 0 Å². The van der Waals surface area contributed by atoms with Crippen molar-refractivity contribution in [2.45, 2.75) is 64.5 Å². The average Bonchev–Trinajstić information content (AvgIpc) is 3.48. The van der Waals surface area contributed by atoms with E-state index in [1.807, 2.05) is 35.7 Å². The number of nitrogens with zero attached hydrogens (tertiary/aromatic N) is 5. The Bertz CT molecular complexity index is 1200. The first-order valence-corrected chi connectivity index (χ1v) is 12.1. The highest BCUT2D eigenvalue weighted by Gasteiger charge is 2.29. The molecule has 5 rings (SSSR count). The van der Waals surface area contributed by atoms with Crippen LogP contribution < -0.4 is 15.5 Å². The van der Waals surface area contributed by atoms with Gasteiger partial charge in [-0.3, -0.25) is 9.59 Å². The van der Waals surface area contributed by atoms with Gasteiger partial charge in [0.25, 0.3) is 5.78 Å². The summed E-state index contributed by atoms with van der Waals surface area (Å²) in [6.07, 6.45) is 6.81. The second-order valence-electron chi connectivity index (χ2n) is 9.40. The number of carbonyl (C=O) groups is 2. The number of hydrogen-bond donors (Lipinski definition) is 2. The van der Waals surface area contributed by atoms with Gasteiger partial charge in [-0.2, -0.15) is 14.6 Å². The number of nitrogens with one attached hydrogen (secondary N) is 2. The van der Waals surface area contributed by atoms with Gasteiger partial charge in [-0.15, -0.1) is 0 Å². The molecule has 1 aliphatic carbocycles. The molecule has 1 saturated heterocycles. The van der Waals surface area contributed by atoms with E-state index in [-0.39, 0.29) is 17.9 Å². The molecule has 2 N–H and O–H groups in total. The highest BCUT2D eigenvalue weighted by atomic mass is 16.2. The summed E-state index contributed by atoms with van der Waals surface area (Å²) in [5, 5.41) is 10.4. The van der Waals surface area contributed by atoms with E-state index in [0.29, 0.717) is 12.2 Å². The molecule has 1 atom stereocenters. The molecule has 1 aromatic carbocycles. The Kier molecular flexibility index (Phi) is 6.17. The molecule has 34 heavy (non-hydrogen) atoms. The largest absolute Gasteiger partial charge is 0.356 e. The van der Waals surface area contributed by atoms with E-state index in [0.717, 1.165) is 62.3 Å². The number of anilines is 1. The second kappa shape index (κ2) is 9.40. The number of aryl methyl sites for hydroxylation is 2. The maximum absolute atomic E-state index is 13.1. The van der Waals surface area contributed by atoms with Crippen LogP contribution in [0.15, 0.2) is 30.6 Å². The minimum absolute atomic E-state index is 0.0687. The third kappa shape index (κ3) is 4.60. The molecule has 0 bridgehead atoms. The van der Waals surface area contributed by atoms with Crippen molar-refractivity contribution in [1.82, 2.24) is 30.2 Å². The molecule has 3 heterocycles. The fourth-order valence-corrected chi connectivity index (χ4v) is 5.08. The van der Waals surface area contributed by atoms with Crippen LogP contribution >= 0.6 is 0 Å².